The normalized spacial score (nSPS) is 15.0. The number of allylic oxidation sites excluding steroid dienone is 1. The van der Waals surface area contributed by atoms with Gasteiger partial charge in [0.15, 0.2) is 16.3 Å². The van der Waals surface area contributed by atoms with E-state index < -0.39 is 12.0 Å². The Bertz CT molecular complexity index is 1890. The Labute approximate surface area is 254 Å². The highest BCUT2D eigenvalue weighted by Crippen LogP contribution is 2.41. The minimum absolute atomic E-state index is 0.188. The van der Waals surface area contributed by atoms with Crippen LogP contribution < -0.4 is 29.1 Å². The molecule has 1 aliphatic rings. The first-order chi connectivity index (χ1) is 20.8. The average Bonchev–Trinajstić information content (AvgIpc) is 3.30. The van der Waals surface area contributed by atoms with Gasteiger partial charge < -0.3 is 18.9 Å². The van der Waals surface area contributed by atoms with Crippen molar-refractivity contribution in [1.82, 2.24) is 4.57 Å². The Morgan fingerprint density at radius 1 is 1.00 bits per heavy atom. The molecule has 0 saturated heterocycles. The number of esters is 1. The van der Waals surface area contributed by atoms with E-state index in [4.69, 9.17) is 23.9 Å². The van der Waals surface area contributed by atoms with Gasteiger partial charge in [-0.3, -0.25) is 9.36 Å². The summed E-state index contributed by atoms with van der Waals surface area (Å²) in [7, 11) is 1.56. The lowest BCUT2D eigenvalue weighted by molar-refractivity contribution is -0.139. The number of nitrogens with zero attached hydrogens (tertiary/aromatic N) is 2. The zero-order valence-corrected chi connectivity index (χ0v) is 26.1. The molecule has 3 aromatic carbocycles. The maximum atomic E-state index is 14.2. The second kappa shape index (κ2) is 12.9. The van der Waals surface area contributed by atoms with Gasteiger partial charge in [-0.25, -0.2) is 9.79 Å². The predicted octanol–water partition coefficient (Wildman–Crippen LogP) is 5.39. The van der Waals surface area contributed by atoms with E-state index in [0.29, 0.717) is 51.2 Å². The molecule has 0 fully saturated rings. The van der Waals surface area contributed by atoms with E-state index in [1.165, 1.54) is 11.3 Å². The lowest BCUT2D eigenvalue weighted by Crippen LogP contribution is -2.40. The number of ether oxygens (including phenoxy) is 4. The van der Waals surface area contributed by atoms with E-state index in [-0.39, 0.29) is 17.7 Å². The van der Waals surface area contributed by atoms with Gasteiger partial charge in [0, 0.05) is 10.9 Å². The molecule has 0 bridgehead atoms. The van der Waals surface area contributed by atoms with E-state index in [1.54, 1.807) is 31.6 Å². The fourth-order valence-electron chi connectivity index (χ4n) is 5.24. The number of carbonyl (C=O) groups excluding carboxylic acids is 1. The molecule has 0 unspecified atom stereocenters. The third-order valence-electron chi connectivity index (χ3n) is 7.11. The first-order valence-corrected chi connectivity index (χ1v) is 15.2. The number of hydrogen-bond donors (Lipinski definition) is 0. The molecule has 0 N–H and O–H groups in total. The largest absolute Gasteiger partial charge is 0.493 e. The third kappa shape index (κ3) is 5.82. The molecule has 1 atom stereocenters. The molecule has 0 aliphatic carbocycles. The number of benzene rings is 3. The summed E-state index contributed by atoms with van der Waals surface area (Å²) in [5.41, 5.74) is 2.00. The summed E-state index contributed by atoms with van der Waals surface area (Å²) < 4.78 is 25.2. The first kappa shape index (κ1) is 30.1. The van der Waals surface area contributed by atoms with Crippen LogP contribution in [0.4, 0.5) is 0 Å². The van der Waals surface area contributed by atoms with Crippen LogP contribution in [0.25, 0.3) is 16.8 Å². The van der Waals surface area contributed by atoms with Gasteiger partial charge >= 0.3 is 5.97 Å². The summed E-state index contributed by atoms with van der Waals surface area (Å²) in [6.45, 7) is 10.8. The lowest BCUT2D eigenvalue weighted by Gasteiger charge is -2.26. The van der Waals surface area contributed by atoms with Gasteiger partial charge in [-0.15, -0.1) is 0 Å². The van der Waals surface area contributed by atoms with Crippen LogP contribution in [-0.4, -0.2) is 37.5 Å². The number of aromatic nitrogens is 1. The Balaban J connectivity index is 1.74. The van der Waals surface area contributed by atoms with Crippen molar-refractivity contribution in [3.05, 3.63) is 96.7 Å². The summed E-state index contributed by atoms with van der Waals surface area (Å²) in [6, 6.07) is 16.6. The van der Waals surface area contributed by atoms with Crippen molar-refractivity contribution >= 4 is 34.2 Å². The van der Waals surface area contributed by atoms with Crippen molar-refractivity contribution in [2.75, 3.05) is 26.9 Å². The van der Waals surface area contributed by atoms with Gasteiger partial charge in [-0.1, -0.05) is 67.6 Å². The molecule has 0 amide bonds. The van der Waals surface area contributed by atoms with Crippen LogP contribution in [-0.2, 0) is 9.53 Å². The van der Waals surface area contributed by atoms with Gasteiger partial charge in [0.05, 0.1) is 42.7 Å². The smallest absolute Gasteiger partial charge is 0.338 e. The lowest BCUT2D eigenvalue weighted by atomic mass is 9.94. The zero-order valence-electron chi connectivity index (χ0n) is 25.3. The average molecular weight is 601 g/mol. The van der Waals surface area contributed by atoms with Gasteiger partial charge in [-0.05, 0) is 55.8 Å². The molecule has 5 rings (SSSR count). The van der Waals surface area contributed by atoms with Crippen LogP contribution in [0.1, 0.15) is 51.8 Å². The Hall–Kier alpha value is -4.37. The molecular formula is C34H36N2O6S. The zero-order chi connectivity index (χ0) is 30.7. The summed E-state index contributed by atoms with van der Waals surface area (Å²) in [5.74, 6) is 1.64. The molecule has 9 heteroatoms. The van der Waals surface area contributed by atoms with Crippen molar-refractivity contribution in [3.63, 3.8) is 0 Å². The van der Waals surface area contributed by atoms with E-state index in [1.807, 2.05) is 61.5 Å². The second-order valence-electron chi connectivity index (χ2n) is 10.5. The van der Waals surface area contributed by atoms with Gasteiger partial charge in [0.1, 0.15) is 11.8 Å². The number of carbonyl (C=O) groups is 1. The molecule has 0 radical (unpaired) electrons. The van der Waals surface area contributed by atoms with Crippen LogP contribution in [0.3, 0.4) is 0 Å². The molecule has 1 aromatic heterocycles. The predicted molar refractivity (Wildman–Crippen MR) is 169 cm³/mol. The fraction of sp³-hybridized carbons (Fsp3) is 0.324. The monoisotopic (exact) mass is 600 g/mol. The SMILES string of the molecule is CCOC(=O)C1=C(C)N=c2s/c(=C/c3ccc(OCC(C)C)c4ccccc34)c(=O)n2[C@@H]1c1cccc(OC)c1OCC. The third-order valence-corrected chi connectivity index (χ3v) is 8.09. The van der Waals surface area contributed by atoms with Crippen LogP contribution >= 0.6 is 11.3 Å². The highest BCUT2D eigenvalue weighted by Gasteiger charge is 2.36. The van der Waals surface area contributed by atoms with Crippen molar-refractivity contribution in [3.8, 4) is 17.2 Å². The molecule has 224 valence electrons. The second-order valence-corrected chi connectivity index (χ2v) is 11.5. The number of hydrogen-bond acceptors (Lipinski definition) is 8. The van der Waals surface area contributed by atoms with E-state index in [2.05, 4.69) is 13.8 Å². The maximum Gasteiger partial charge on any atom is 0.338 e. The van der Waals surface area contributed by atoms with Crippen molar-refractivity contribution in [2.24, 2.45) is 10.9 Å². The molecule has 4 aromatic rings. The molecular weight excluding hydrogens is 564 g/mol. The number of methoxy groups -OCH3 is 1. The van der Waals surface area contributed by atoms with E-state index in [9.17, 15) is 9.59 Å². The van der Waals surface area contributed by atoms with Crippen LogP contribution in [0.2, 0.25) is 0 Å². The molecule has 0 spiro atoms. The molecule has 2 heterocycles. The van der Waals surface area contributed by atoms with Crippen molar-refractivity contribution in [1.29, 1.82) is 0 Å². The minimum atomic E-state index is -0.822. The van der Waals surface area contributed by atoms with Gasteiger partial charge in [-0.2, -0.15) is 0 Å². The van der Waals surface area contributed by atoms with E-state index in [0.717, 1.165) is 22.1 Å². The van der Waals surface area contributed by atoms with Crippen molar-refractivity contribution < 1.29 is 23.7 Å². The Morgan fingerprint density at radius 2 is 1.77 bits per heavy atom. The summed E-state index contributed by atoms with van der Waals surface area (Å²) in [5, 5.41) is 1.95. The van der Waals surface area contributed by atoms with Crippen molar-refractivity contribution in [2.45, 2.75) is 40.7 Å². The van der Waals surface area contributed by atoms with Gasteiger partial charge in [0.25, 0.3) is 5.56 Å². The highest BCUT2D eigenvalue weighted by molar-refractivity contribution is 7.07. The number of rotatable bonds is 10. The minimum Gasteiger partial charge on any atom is -0.493 e. The highest BCUT2D eigenvalue weighted by atomic mass is 32.1. The van der Waals surface area contributed by atoms with Gasteiger partial charge in [0.2, 0.25) is 0 Å². The molecule has 43 heavy (non-hydrogen) atoms. The molecule has 0 saturated carbocycles. The summed E-state index contributed by atoms with van der Waals surface area (Å²) in [6.07, 6.45) is 1.88. The standard InChI is InChI=1S/C34H36N2O6S/c1-7-40-31-25(14-11-15-27(31)39-6)30-29(33(38)41-8-2)21(5)35-34-36(30)32(37)28(43-34)18-22-16-17-26(42-19-20(3)4)24-13-10-9-12-23(22)24/h9-18,20,30H,7-8,19H2,1-6H3/b28-18+/t30-/m1/s1. The topological polar surface area (TPSA) is 88.4 Å². The maximum absolute atomic E-state index is 14.2. The Kier molecular flexibility index (Phi) is 9.01. The van der Waals surface area contributed by atoms with E-state index >= 15 is 0 Å². The molecule has 1 aliphatic heterocycles. The Morgan fingerprint density at radius 3 is 2.47 bits per heavy atom. The summed E-state index contributed by atoms with van der Waals surface area (Å²) >= 11 is 1.28. The van der Waals surface area contributed by atoms with Crippen LogP contribution in [0.15, 0.2) is 75.7 Å². The fourth-order valence-corrected chi connectivity index (χ4v) is 6.28. The van der Waals surface area contributed by atoms with Crippen LogP contribution in [0, 0.1) is 5.92 Å². The quantitative estimate of drug-likeness (QED) is 0.227. The molecule has 8 nitrogen and oxygen atoms in total. The number of fused-ring (bicyclic) bond motifs is 2. The summed E-state index contributed by atoms with van der Waals surface area (Å²) in [4.78, 5) is 32.8. The van der Waals surface area contributed by atoms with Crippen LogP contribution in [0.5, 0.6) is 17.2 Å². The first-order valence-electron chi connectivity index (χ1n) is 14.4. The number of para-hydroxylation sites is 1. The number of thiazole rings is 1.